The van der Waals surface area contributed by atoms with Crippen molar-refractivity contribution in [3.8, 4) is 5.75 Å². The van der Waals surface area contributed by atoms with E-state index in [0.29, 0.717) is 24.0 Å². The summed E-state index contributed by atoms with van der Waals surface area (Å²) < 4.78 is 41.2. The number of piperidine rings is 1. The first-order chi connectivity index (χ1) is 20.1. The number of anilines is 1. The van der Waals surface area contributed by atoms with Crippen LogP contribution in [-0.2, 0) is 21.6 Å². The summed E-state index contributed by atoms with van der Waals surface area (Å²) in [4.78, 5) is 14.6. The number of aliphatic hydroxyl groups excluding tert-OH is 1. The van der Waals surface area contributed by atoms with Gasteiger partial charge in [0.15, 0.2) is 0 Å². The van der Waals surface area contributed by atoms with Gasteiger partial charge in [-0.3, -0.25) is 0 Å². The Balaban J connectivity index is 1.62. The van der Waals surface area contributed by atoms with Gasteiger partial charge in [0.05, 0.1) is 12.2 Å². The third kappa shape index (κ3) is 8.57. The van der Waals surface area contributed by atoms with Crippen molar-refractivity contribution in [2.75, 3.05) is 17.4 Å². The van der Waals surface area contributed by atoms with Crippen LogP contribution >= 0.6 is 0 Å². The summed E-state index contributed by atoms with van der Waals surface area (Å²) >= 11 is 0. The van der Waals surface area contributed by atoms with E-state index in [2.05, 4.69) is 19.6 Å². The molecule has 1 saturated heterocycles. The minimum Gasteiger partial charge on any atom is -0.493 e. The molecule has 1 amide bonds. The number of ether oxygens (including phenoxy) is 2. The lowest BCUT2D eigenvalue weighted by Gasteiger charge is -2.35. The van der Waals surface area contributed by atoms with Gasteiger partial charge in [-0.1, -0.05) is 68.2 Å². The van der Waals surface area contributed by atoms with Crippen LogP contribution in [0.2, 0.25) is 25.7 Å². The molecular formula is C32H45N3O6SSi. The molecule has 1 fully saturated rings. The largest absolute Gasteiger partial charge is 0.493 e. The van der Waals surface area contributed by atoms with Gasteiger partial charge in [-0.25, -0.2) is 13.4 Å². The smallest absolute Gasteiger partial charge is 0.410 e. The number of benzene rings is 2. The minimum absolute atomic E-state index is 0.115. The van der Waals surface area contributed by atoms with Crippen LogP contribution < -0.4 is 9.04 Å². The van der Waals surface area contributed by atoms with Crippen LogP contribution in [0.25, 0.3) is 6.08 Å². The number of carbonyl (C=O) groups excluding carboxylic acids is 1. The molecule has 0 saturated carbocycles. The lowest BCUT2D eigenvalue weighted by atomic mass is 10.0. The molecule has 43 heavy (non-hydrogen) atoms. The van der Waals surface area contributed by atoms with Gasteiger partial charge in [-0.05, 0) is 69.3 Å². The summed E-state index contributed by atoms with van der Waals surface area (Å²) in [7, 11) is -5.60. The van der Waals surface area contributed by atoms with Crippen LogP contribution in [0.15, 0.2) is 66.7 Å². The van der Waals surface area contributed by atoms with Crippen molar-refractivity contribution < 1.29 is 27.8 Å². The Labute approximate surface area is 257 Å². The number of hydrogen-bond acceptors (Lipinski definition) is 6. The van der Waals surface area contributed by atoms with Gasteiger partial charge in [-0.15, -0.1) is 0 Å². The SMILES string of the molecule is CC(C)(C)OC(=O)N1CCCCC1C=Cc1ccc(N2C=C(O)N(CC[Si](C)(C)C)S2(=O)=O)c(OCc2ccccc2)c1. The highest BCUT2D eigenvalue weighted by Crippen LogP contribution is 2.38. The minimum atomic E-state index is -4.04. The molecule has 1 atom stereocenters. The Hall–Kier alpha value is -3.44. The van der Waals surface area contributed by atoms with Crippen molar-refractivity contribution in [3.63, 3.8) is 0 Å². The molecule has 2 aliphatic heterocycles. The second-order valence-corrected chi connectivity index (χ2v) is 20.6. The molecule has 0 aliphatic carbocycles. The lowest BCUT2D eigenvalue weighted by molar-refractivity contribution is 0.0150. The van der Waals surface area contributed by atoms with E-state index < -0.39 is 23.9 Å². The predicted octanol–water partition coefficient (Wildman–Crippen LogP) is 7.13. The Morgan fingerprint density at radius 2 is 1.81 bits per heavy atom. The number of aliphatic hydroxyl groups is 1. The Kier molecular flexibility index (Phi) is 9.85. The lowest BCUT2D eigenvalue weighted by Crippen LogP contribution is -2.45. The van der Waals surface area contributed by atoms with E-state index in [9.17, 15) is 18.3 Å². The fourth-order valence-corrected chi connectivity index (χ4v) is 7.42. The van der Waals surface area contributed by atoms with E-state index in [1.165, 1.54) is 6.20 Å². The number of rotatable bonds is 9. The third-order valence-electron chi connectivity index (χ3n) is 7.23. The van der Waals surface area contributed by atoms with Crippen LogP contribution in [0.1, 0.15) is 51.2 Å². The number of likely N-dealkylation sites (tertiary alicyclic amines) is 1. The zero-order valence-electron chi connectivity index (χ0n) is 26.1. The summed E-state index contributed by atoms with van der Waals surface area (Å²) in [6.07, 6.45) is 7.60. The highest BCUT2D eigenvalue weighted by Gasteiger charge is 2.39. The highest BCUT2D eigenvalue weighted by atomic mass is 32.2. The number of amides is 1. The molecule has 2 aromatic carbocycles. The average molecular weight is 628 g/mol. The zero-order chi connectivity index (χ0) is 31.4. The zero-order valence-corrected chi connectivity index (χ0v) is 27.9. The molecule has 2 aromatic rings. The quantitative estimate of drug-likeness (QED) is 0.297. The monoisotopic (exact) mass is 627 g/mol. The van der Waals surface area contributed by atoms with Gasteiger partial charge in [0.2, 0.25) is 5.88 Å². The molecule has 234 valence electrons. The summed E-state index contributed by atoms with van der Waals surface area (Å²) in [5.41, 5.74) is 1.46. The molecule has 0 bridgehead atoms. The Morgan fingerprint density at radius 1 is 1.09 bits per heavy atom. The second-order valence-electron chi connectivity index (χ2n) is 13.3. The fraction of sp³-hybridized carbons (Fsp3) is 0.469. The van der Waals surface area contributed by atoms with Crippen molar-refractivity contribution in [1.82, 2.24) is 9.21 Å². The first kappa shape index (κ1) is 32.5. The van der Waals surface area contributed by atoms with Crippen LogP contribution in [-0.4, -0.2) is 61.6 Å². The summed E-state index contributed by atoms with van der Waals surface area (Å²) in [5, 5.41) is 10.7. The van der Waals surface area contributed by atoms with Crippen LogP contribution in [0.4, 0.5) is 10.5 Å². The van der Waals surface area contributed by atoms with Gasteiger partial charge >= 0.3 is 16.3 Å². The Bertz CT molecular complexity index is 1450. The number of hydrogen-bond donors (Lipinski definition) is 1. The van der Waals surface area contributed by atoms with Crippen LogP contribution in [0.5, 0.6) is 5.75 Å². The van der Waals surface area contributed by atoms with E-state index in [1.54, 1.807) is 17.0 Å². The van der Waals surface area contributed by atoms with Crippen molar-refractivity contribution in [1.29, 1.82) is 0 Å². The molecule has 1 unspecified atom stereocenters. The van der Waals surface area contributed by atoms with E-state index >= 15 is 0 Å². The fourth-order valence-electron chi connectivity index (χ4n) is 4.92. The van der Waals surface area contributed by atoms with Crippen LogP contribution in [0.3, 0.4) is 0 Å². The molecule has 0 spiro atoms. The van der Waals surface area contributed by atoms with Gasteiger partial charge in [-0.2, -0.15) is 8.42 Å². The van der Waals surface area contributed by atoms with Gasteiger partial charge < -0.3 is 19.5 Å². The molecule has 1 N–H and O–H groups in total. The number of carbonyl (C=O) groups is 1. The molecule has 4 rings (SSSR count). The first-order valence-electron chi connectivity index (χ1n) is 14.9. The van der Waals surface area contributed by atoms with Crippen LogP contribution in [0, 0.1) is 0 Å². The standard InChI is InChI=1S/C32H45N3O6SSi/c1-32(2,3)41-31(37)33-19-11-10-14-27(33)17-15-25-16-18-28(29(22-25)40-24-26-12-8-7-9-13-26)35-23-30(36)34(42(35,38)39)20-21-43(4,5)6/h7-9,12-13,15-18,22-23,27,36H,10-11,14,19-21,24H2,1-6H3. The second kappa shape index (κ2) is 13.0. The van der Waals surface area contributed by atoms with E-state index in [-0.39, 0.29) is 31.2 Å². The van der Waals surface area contributed by atoms with E-state index in [0.717, 1.165) is 39.0 Å². The molecule has 0 radical (unpaired) electrons. The van der Waals surface area contributed by atoms with Crippen molar-refractivity contribution in [2.45, 2.75) is 84.0 Å². The summed E-state index contributed by atoms with van der Waals surface area (Å²) in [6.45, 7) is 13.2. The molecular weight excluding hydrogens is 583 g/mol. The third-order valence-corrected chi connectivity index (χ3v) is 10.7. The normalized spacial score (nSPS) is 19.1. The molecule has 11 heteroatoms. The molecule has 0 aromatic heterocycles. The molecule has 9 nitrogen and oxygen atoms in total. The predicted molar refractivity (Wildman–Crippen MR) is 174 cm³/mol. The van der Waals surface area contributed by atoms with Crippen molar-refractivity contribution in [3.05, 3.63) is 77.8 Å². The maximum atomic E-state index is 13.6. The number of nitrogens with zero attached hydrogens (tertiary/aromatic N) is 3. The van der Waals surface area contributed by atoms with Crippen molar-refractivity contribution in [2.24, 2.45) is 0 Å². The molecule has 2 aliphatic rings. The Morgan fingerprint density at radius 3 is 2.49 bits per heavy atom. The summed E-state index contributed by atoms with van der Waals surface area (Å²) in [5.74, 6) is 0.0501. The maximum absolute atomic E-state index is 13.6. The van der Waals surface area contributed by atoms with E-state index in [1.807, 2.05) is 69.3 Å². The first-order valence-corrected chi connectivity index (χ1v) is 20.0. The van der Waals surface area contributed by atoms with Gasteiger partial charge in [0.25, 0.3) is 0 Å². The van der Waals surface area contributed by atoms with Gasteiger partial charge in [0, 0.05) is 21.2 Å². The average Bonchev–Trinajstić information content (AvgIpc) is 3.16. The summed E-state index contributed by atoms with van der Waals surface area (Å²) in [6, 6.07) is 15.5. The maximum Gasteiger partial charge on any atom is 0.410 e. The topological polar surface area (TPSA) is 99.6 Å². The van der Waals surface area contributed by atoms with Gasteiger partial charge in [0.1, 0.15) is 23.6 Å². The van der Waals surface area contributed by atoms with Crippen molar-refractivity contribution >= 4 is 36.1 Å². The molecule has 2 heterocycles. The highest BCUT2D eigenvalue weighted by molar-refractivity contribution is 7.91. The van der Waals surface area contributed by atoms with E-state index in [4.69, 9.17) is 9.47 Å².